The summed E-state index contributed by atoms with van der Waals surface area (Å²) < 4.78 is 5.63. The molecule has 0 radical (unpaired) electrons. The topological polar surface area (TPSA) is 84.0 Å². The zero-order valence-corrected chi connectivity index (χ0v) is 20.4. The second kappa shape index (κ2) is 8.95. The molecule has 2 aliphatic heterocycles. The summed E-state index contributed by atoms with van der Waals surface area (Å²) >= 11 is 0. The minimum Gasteiger partial charge on any atom is -0.426 e. The Kier molecular flexibility index (Phi) is 5.95. The van der Waals surface area contributed by atoms with Crippen LogP contribution in [0.3, 0.4) is 0 Å². The van der Waals surface area contributed by atoms with E-state index in [1.54, 1.807) is 30.0 Å². The maximum atomic E-state index is 12.9. The number of esters is 1. The highest BCUT2D eigenvalue weighted by Crippen LogP contribution is 2.41. The van der Waals surface area contributed by atoms with Crippen LogP contribution < -0.4 is 14.5 Å². The number of hydrogen-bond acceptors (Lipinski definition) is 5. The number of rotatable bonds is 4. The summed E-state index contributed by atoms with van der Waals surface area (Å²) in [6, 6.07) is 10.9. The average Bonchev–Trinajstić information content (AvgIpc) is 3.34. The summed E-state index contributed by atoms with van der Waals surface area (Å²) in [4.78, 5) is 54.4. The van der Waals surface area contributed by atoms with Crippen LogP contribution in [0.2, 0.25) is 0 Å². The van der Waals surface area contributed by atoms with Gasteiger partial charge in [0.05, 0.1) is 23.4 Å². The largest absolute Gasteiger partial charge is 0.426 e. The van der Waals surface area contributed by atoms with Crippen LogP contribution in [-0.2, 0) is 19.2 Å². The zero-order valence-electron chi connectivity index (χ0n) is 20.4. The molecule has 182 valence electrons. The van der Waals surface area contributed by atoms with Gasteiger partial charge in [0.15, 0.2) is 0 Å². The molecule has 0 bridgehead atoms. The molecule has 2 heterocycles. The fourth-order valence-corrected chi connectivity index (χ4v) is 5.65. The van der Waals surface area contributed by atoms with E-state index in [0.717, 1.165) is 42.5 Å². The second-order valence-corrected chi connectivity index (χ2v) is 10.1. The zero-order chi connectivity index (χ0) is 24.9. The van der Waals surface area contributed by atoms with Crippen molar-refractivity contribution in [1.29, 1.82) is 0 Å². The predicted molar refractivity (Wildman–Crippen MR) is 131 cm³/mol. The summed E-state index contributed by atoms with van der Waals surface area (Å²) in [7, 11) is 0. The van der Waals surface area contributed by atoms with Crippen molar-refractivity contribution in [3.63, 3.8) is 0 Å². The molecule has 35 heavy (non-hydrogen) atoms. The molecule has 7 heteroatoms. The van der Waals surface area contributed by atoms with Gasteiger partial charge in [-0.1, -0.05) is 25.0 Å². The van der Waals surface area contributed by atoms with E-state index in [1.807, 2.05) is 32.0 Å². The lowest BCUT2D eigenvalue weighted by atomic mass is 9.81. The number of hydrogen-bond donors (Lipinski definition) is 0. The van der Waals surface area contributed by atoms with E-state index in [0.29, 0.717) is 17.0 Å². The molecule has 1 saturated carbocycles. The summed E-state index contributed by atoms with van der Waals surface area (Å²) in [5.74, 6) is -1.46. The lowest BCUT2D eigenvalue weighted by Gasteiger charge is -2.20. The molecule has 0 N–H and O–H groups in total. The summed E-state index contributed by atoms with van der Waals surface area (Å²) in [6.07, 6.45) is 3.58. The SMILES string of the molecule is Cc1ccc(C)c(N2C[C@H](C(=O)Oc3ccc(N4C(=O)[C@H]5CCCC[C@H]5C4=O)c(C)c3)CC2=O)c1. The first-order valence-corrected chi connectivity index (χ1v) is 12.3. The van der Waals surface area contributed by atoms with Gasteiger partial charge in [-0.2, -0.15) is 0 Å². The van der Waals surface area contributed by atoms with Gasteiger partial charge in [0, 0.05) is 18.7 Å². The van der Waals surface area contributed by atoms with Gasteiger partial charge in [-0.15, -0.1) is 0 Å². The number of aryl methyl sites for hydroxylation is 3. The molecule has 3 fully saturated rings. The van der Waals surface area contributed by atoms with Crippen molar-refractivity contribution in [3.05, 3.63) is 53.1 Å². The van der Waals surface area contributed by atoms with Crippen LogP contribution in [0.25, 0.3) is 0 Å². The molecule has 2 aromatic rings. The summed E-state index contributed by atoms with van der Waals surface area (Å²) in [5.41, 5.74) is 4.09. The molecule has 0 spiro atoms. The second-order valence-electron chi connectivity index (χ2n) is 10.1. The average molecular weight is 475 g/mol. The summed E-state index contributed by atoms with van der Waals surface area (Å²) in [6.45, 7) is 6.00. The Hall–Kier alpha value is -3.48. The third-order valence-corrected chi connectivity index (χ3v) is 7.58. The van der Waals surface area contributed by atoms with Crippen LogP contribution in [0.15, 0.2) is 36.4 Å². The Bertz CT molecular complexity index is 1210. The maximum absolute atomic E-state index is 12.9. The fraction of sp³-hybridized carbons (Fsp3) is 0.429. The molecule has 0 unspecified atom stereocenters. The summed E-state index contributed by atoms with van der Waals surface area (Å²) in [5, 5.41) is 0. The maximum Gasteiger partial charge on any atom is 0.316 e. The van der Waals surface area contributed by atoms with E-state index in [2.05, 4.69) is 0 Å². The van der Waals surface area contributed by atoms with Crippen molar-refractivity contribution < 1.29 is 23.9 Å². The van der Waals surface area contributed by atoms with Crippen molar-refractivity contribution in [3.8, 4) is 5.75 Å². The van der Waals surface area contributed by atoms with Gasteiger partial charge in [0.1, 0.15) is 5.75 Å². The Morgan fingerprint density at radius 3 is 2.20 bits per heavy atom. The van der Waals surface area contributed by atoms with Gasteiger partial charge < -0.3 is 9.64 Å². The third kappa shape index (κ3) is 4.13. The van der Waals surface area contributed by atoms with Crippen molar-refractivity contribution in [2.45, 2.75) is 52.9 Å². The number of benzene rings is 2. The molecule has 3 amide bonds. The van der Waals surface area contributed by atoms with E-state index < -0.39 is 11.9 Å². The van der Waals surface area contributed by atoms with Crippen molar-refractivity contribution in [1.82, 2.24) is 0 Å². The van der Waals surface area contributed by atoms with Crippen molar-refractivity contribution in [2.75, 3.05) is 16.3 Å². The van der Waals surface area contributed by atoms with Crippen molar-refractivity contribution >= 4 is 35.1 Å². The van der Waals surface area contributed by atoms with Gasteiger partial charge in [-0.25, -0.2) is 4.90 Å². The molecule has 0 aromatic heterocycles. The smallest absolute Gasteiger partial charge is 0.316 e. The predicted octanol–water partition coefficient (Wildman–Crippen LogP) is 4.25. The van der Waals surface area contributed by atoms with Crippen LogP contribution >= 0.6 is 0 Å². The number of imide groups is 1. The number of carbonyl (C=O) groups is 4. The van der Waals surface area contributed by atoms with E-state index in [-0.39, 0.29) is 42.5 Å². The minimum atomic E-state index is -0.563. The van der Waals surface area contributed by atoms with Gasteiger partial charge in [0.2, 0.25) is 17.7 Å². The minimum absolute atomic E-state index is 0.0975. The first-order chi connectivity index (χ1) is 16.7. The lowest BCUT2D eigenvalue weighted by molar-refractivity contribution is -0.139. The molecule has 5 rings (SSSR count). The molecular formula is C28H30N2O5. The van der Waals surface area contributed by atoms with Crippen LogP contribution in [0.5, 0.6) is 5.75 Å². The third-order valence-electron chi connectivity index (χ3n) is 7.58. The molecule has 2 aromatic carbocycles. The van der Waals surface area contributed by atoms with Crippen LogP contribution in [0.1, 0.15) is 48.8 Å². The van der Waals surface area contributed by atoms with Crippen LogP contribution in [-0.4, -0.2) is 30.2 Å². The van der Waals surface area contributed by atoms with E-state index in [1.165, 1.54) is 4.90 Å². The monoisotopic (exact) mass is 474 g/mol. The molecular weight excluding hydrogens is 444 g/mol. The first kappa shape index (κ1) is 23.3. The van der Waals surface area contributed by atoms with E-state index in [4.69, 9.17) is 4.74 Å². The van der Waals surface area contributed by atoms with E-state index in [9.17, 15) is 19.2 Å². The fourth-order valence-electron chi connectivity index (χ4n) is 5.65. The highest BCUT2D eigenvalue weighted by atomic mass is 16.5. The van der Waals surface area contributed by atoms with E-state index >= 15 is 0 Å². The Balaban J connectivity index is 1.29. The first-order valence-electron chi connectivity index (χ1n) is 12.3. The highest BCUT2D eigenvalue weighted by molar-refractivity contribution is 6.22. The van der Waals surface area contributed by atoms with Crippen molar-refractivity contribution in [2.24, 2.45) is 17.8 Å². The molecule has 7 nitrogen and oxygen atoms in total. The Labute approximate surface area is 205 Å². The number of ether oxygens (including phenoxy) is 1. The lowest BCUT2D eigenvalue weighted by Crippen LogP contribution is -2.31. The normalized spacial score (nSPS) is 24.2. The highest BCUT2D eigenvalue weighted by Gasteiger charge is 2.49. The van der Waals surface area contributed by atoms with Gasteiger partial charge in [-0.05, 0) is 74.6 Å². The number of carbonyl (C=O) groups excluding carboxylic acids is 4. The molecule has 3 aliphatic rings. The molecule has 3 atom stereocenters. The van der Waals surface area contributed by atoms with Gasteiger partial charge in [-0.3, -0.25) is 19.2 Å². The number of nitrogens with zero attached hydrogens (tertiary/aromatic N) is 2. The van der Waals surface area contributed by atoms with Gasteiger partial charge in [0.25, 0.3) is 0 Å². The number of fused-ring (bicyclic) bond motifs is 1. The van der Waals surface area contributed by atoms with Crippen LogP contribution in [0.4, 0.5) is 11.4 Å². The molecule has 2 saturated heterocycles. The standard InChI is InChI=1S/C28H30N2O5/c1-16-8-9-17(2)24(12-16)29-15-19(14-25(29)31)28(34)35-20-10-11-23(18(3)13-20)30-26(32)21-6-4-5-7-22(21)27(30)33/h8-13,19,21-22H,4-7,14-15H2,1-3H3/t19-,21-,22+/m1/s1. The Morgan fingerprint density at radius 2 is 1.54 bits per heavy atom. The molecule has 1 aliphatic carbocycles. The Morgan fingerprint density at radius 1 is 0.857 bits per heavy atom. The van der Waals surface area contributed by atoms with Crippen LogP contribution in [0, 0.1) is 38.5 Å². The number of anilines is 2. The van der Waals surface area contributed by atoms with Gasteiger partial charge >= 0.3 is 5.97 Å². The quantitative estimate of drug-likeness (QED) is 0.376. The number of amides is 3.